The smallest absolute Gasteiger partial charge is 0.264 e. The first-order valence-corrected chi connectivity index (χ1v) is 9.28. The summed E-state index contributed by atoms with van der Waals surface area (Å²) in [7, 11) is 1.48. The number of halogens is 1. The number of nitrogens with one attached hydrogen (secondary N) is 1. The molecule has 3 rings (SSSR count). The van der Waals surface area contributed by atoms with Gasteiger partial charge in [0.15, 0.2) is 23.3 Å². The molecule has 1 aliphatic heterocycles. The van der Waals surface area contributed by atoms with Crippen LogP contribution in [0.15, 0.2) is 52.4 Å². The molecule has 28 heavy (non-hydrogen) atoms. The van der Waals surface area contributed by atoms with Gasteiger partial charge >= 0.3 is 0 Å². The van der Waals surface area contributed by atoms with Gasteiger partial charge in [0.25, 0.3) is 11.8 Å². The standard InChI is InChI=1S/C19H16ClN3O4S/c1-26-15-8-11(2-7-14(15)27-10-17(21)24)9-16-18(25)23-19(28-16)22-13-5-3-12(20)4-6-13/h2-9H,10H2,1H3,(H2,21,24)(H,22,23,25)/b16-9-. The molecular formula is C19H16ClN3O4S. The number of hydrogen-bond donors (Lipinski definition) is 2. The Morgan fingerprint density at radius 2 is 2.00 bits per heavy atom. The molecule has 0 radical (unpaired) electrons. The molecule has 0 aromatic heterocycles. The average molecular weight is 418 g/mol. The van der Waals surface area contributed by atoms with Gasteiger partial charge in [-0.1, -0.05) is 17.7 Å². The number of primary amides is 1. The fourth-order valence-electron chi connectivity index (χ4n) is 2.31. The molecule has 1 fully saturated rings. The molecule has 0 spiro atoms. The zero-order valence-corrected chi connectivity index (χ0v) is 16.3. The molecule has 1 aliphatic rings. The second kappa shape index (κ2) is 8.81. The van der Waals surface area contributed by atoms with Gasteiger partial charge in [0.1, 0.15) is 0 Å². The van der Waals surface area contributed by atoms with Crippen LogP contribution in [-0.2, 0) is 9.59 Å². The van der Waals surface area contributed by atoms with Crippen LogP contribution in [0, 0.1) is 0 Å². The minimum absolute atomic E-state index is 0.245. The summed E-state index contributed by atoms with van der Waals surface area (Å²) >= 11 is 7.09. The third kappa shape index (κ3) is 5.05. The molecular weight excluding hydrogens is 402 g/mol. The topological polar surface area (TPSA) is 103 Å². The Bertz CT molecular complexity index is 974. The lowest BCUT2D eigenvalue weighted by atomic mass is 10.2. The van der Waals surface area contributed by atoms with Gasteiger partial charge in [-0.15, -0.1) is 0 Å². The number of benzene rings is 2. The predicted molar refractivity (Wildman–Crippen MR) is 110 cm³/mol. The van der Waals surface area contributed by atoms with Crippen LogP contribution in [0.1, 0.15) is 5.56 Å². The molecule has 0 unspecified atom stereocenters. The lowest BCUT2D eigenvalue weighted by Crippen LogP contribution is -2.20. The van der Waals surface area contributed by atoms with Crippen molar-refractivity contribution in [1.82, 2.24) is 5.32 Å². The fraction of sp³-hybridized carbons (Fsp3) is 0.105. The Morgan fingerprint density at radius 1 is 1.25 bits per heavy atom. The van der Waals surface area contributed by atoms with Crippen LogP contribution in [-0.4, -0.2) is 30.7 Å². The van der Waals surface area contributed by atoms with Gasteiger partial charge in [-0.3, -0.25) is 9.59 Å². The molecule has 0 aliphatic carbocycles. The monoisotopic (exact) mass is 417 g/mol. The number of nitrogens with zero attached hydrogens (tertiary/aromatic N) is 1. The van der Waals surface area contributed by atoms with Crippen LogP contribution in [0.2, 0.25) is 5.02 Å². The molecule has 2 amide bonds. The summed E-state index contributed by atoms with van der Waals surface area (Å²) in [5.41, 5.74) is 6.50. The number of carbonyl (C=O) groups is 2. The number of amides is 2. The number of carbonyl (C=O) groups excluding carboxylic acids is 2. The third-order valence-electron chi connectivity index (χ3n) is 3.56. The number of aliphatic imine (C=N–C) groups is 1. The summed E-state index contributed by atoms with van der Waals surface area (Å²) in [6.07, 6.45) is 1.71. The number of rotatable bonds is 6. The molecule has 7 nitrogen and oxygen atoms in total. The van der Waals surface area contributed by atoms with Crippen molar-refractivity contribution >= 4 is 52.1 Å². The van der Waals surface area contributed by atoms with Crippen LogP contribution in [0.5, 0.6) is 11.5 Å². The zero-order chi connectivity index (χ0) is 20.1. The zero-order valence-electron chi connectivity index (χ0n) is 14.8. The molecule has 1 saturated heterocycles. The Kier molecular flexibility index (Phi) is 6.23. The van der Waals surface area contributed by atoms with Crippen LogP contribution in [0.3, 0.4) is 0 Å². The van der Waals surface area contributed by atoms with Crippen LogP contribution >= 0.6 is 23.4 Å². The minimum atomic E-state index is -0.584. The summed E-state index contributed by atoms with van der Waals surface area (Å²) in [6, 6.07) is 12.1. The molecule has 0 bridgehead atoms. The number of methoxy groups -OCH3 is 1. The lowest BCUT2D eigenvalue weighted by Gasteiger charge is -2.10. The number of amidine groups is 1. The van der Waals surface area contributed by atoms with E-state index in [2.05, 4.69) is 10.3 Å². The minimum Gasteiger partial charge on any atom is -0.493 e. The van der Waals surface area contributed by atoms with Crippen LogP contribution in [0.25, 0.3) is 6.08 Å². The quantitative estimate of drug-likeness (QED) is 0.703. The van der Waals surface area contributed by atoms with Gasteiger partial charge in [-0.25, -0.2) is 4.99 Å². The Morgan fingerprint density at radius 3 is 2.68 bits per heavy atom. The second-order valence-electron chi connectivity index (χ2n) is 5.62. The summed E-state index contributed by atoms with van der Waals surface area (Å²) < 4.78 is 10.6. The highest BCUT2D eigenvalue weighted by molar-refractivity contribution is 8.18. The number of nitrogens with two attached hydrogens (primary N) is 1. The van der Waals surface area contributed by atoms with Crippen molar-refractivity contribution in [2.24, 2.45) is 10.7 Å². The van der Waals surface area contributed by atoms with E-state index in [9.17, 15) is 9.59 Å². The fourth-order valence-corrected chi connectivity index (χ4v) is 3.27. The maximum absolute atomic E-state index is 12.2. The lowest BCUT2D eigenvalue weighted by molar-refractivity contribution is -0.120. The Balaban J connectivity index is 1.78. The van der Waals surface area contributed by atoms with E-state index >= 15 is 0 Å². The van der Waals surface area contributed by atoms with Crippen molar-refractivity contribution in [3.8, 4) is 11.5 Å². The molecule has 2 aromatic rings. The summed E-state index contributed by atoms with van der Waals surface area (Å²) in [4.78, 5) is 28.0. The molecule has 0 saturated carbocycles. The van der Waals surface area contributed by atoms with Gasteiger partial charge < -0.3 is 20.5 Å². The van der Waals surface area contributed by atoms with Crippen molar-refractivity contribution < 1.29 is 19.1 Å². The van der Waals surface area contributed by atoms with E-state index in [1.54, 1.807) is 48.5 Å². The van der Waals surface area contributed by atoms with Crippen molar-refractivity contribution in [2.75, 3.05) is 13.7 Å². The number of ether oxygens (including phenoxy) is 2. The summed E-state index contributed by atoms with van der Waals surface area (Å²) in [6.45, 7) is -0.250. The highest BCUT2D eigenvalue weighted by atomic mass is 35.5. The first-order chi connectivity index (χ1) is 13.4. The highest BCUT2D eigenvalue weighted by Gasteiger charge is 2.24. The molecule has 0 atom stereocenters. The third-order valence-corrected chi connectivity index (χ3v) is 4.73. The number of thioether (sulfide) groups is 1. The molecule has 1 heterocycles. The normalized spacial score (nSPS) is 16.3. The molecule has 144 valence electrons. The maximum atomic E-state index is 12.2. The number of hydrogen-bond acceptors (Lipinski definition) is 6. The van der Waals surface area contributed by atoms with Crippen LogP contribution in [0.4, 0.5) is 5.69 Å². The van der Waals surface area contributed by atoms with Crippen molar-refractivity contribution in [3.05, 3.63) is 58.0 Å². The first kappa shape index (κ1) is 19.8. The predicted octanol–water partition coefficient (Wildman–Crippen LogP) is 3.10. The molecule has 2 aromatic carbocycles. The summed E-state index contributed by atoms with van der Waals surface area (Å²) in [5.74, 6) is -0.0171. The van der Waals surface area contributed by atoms with Crippen molar-refractivity contribution in [2.45, 2.75) is 0 Å². The van der Waals surface area contributed by atoms with E-state index in [1.807, 2.05) is 0 Å². The second-order valence-corrected chi connectivity index (χ2v) is 7.09. The first-order valence-electron chi connectivity index (χ1n) is 8.09. The Labute approximate surface area is 170 Å². The average Bonchev–Trinajstić information content (AvgIpc) is 3.01. The van der Waals surface area contributed by atoms with Gasteiger partial charge in [-0.2, -0.15) is 0 Å². The van der Waals surface area contributed by atoms with E-state index in [1.165, 1.54) is 18.9 Å². The van der Waals surface area contributed by atoms with Gasteiger partial charge in [0, 0.05) is 5.02 Å². The molecule has 9 heteroatoms. The van der Waals surface area contributed by atoms with E-state index in [0.29, 0.717) is 32.3 Å². The van der Waals surface area contributed by atoms with Gasteiger partial charge in [0.2, 0.25) is 0 Å². The van der Waals surface area contributed by atoms with Crippen molar-refractivity contribution in [3.63, 3.8) is 0 Å². The molecule has 3 N–H and O–H groups in total. The van der Waals surface area contributed by atoms with E-state index in [-0.39, 0.29) is 12.5 Å². The van der Waals surface area contributed by atoms with E-state index in [4.69, 9.17) is 26.8 Å². The summed E-state index contributed by atoms with van der Waals surface area (Å²) in [5, 5.41) is 3.82. The maximum Gasteiger partial charge on any atom is 0.264 e. The van der Waals surface area contributed by atoms with Gasteiger partial charge in [-0.05, 0) is 59.8 Å². The van der Waals surface area contributed by atoms with Crippen LogP contribution < -0.4 is 20.5 Å². The SMILES string of the molecule is COc1cc(/C=C2\SC(=Nc3ccc(Cl)cc3)NC2=O)ccc1OCC(N)=O. The van der Waals surface area contributed by atoms with E-state index in [0.717, 1.165) is 5.56 Å². The highest BCUT2D eigenvalue weighted by Crippen LogP contribution is 2.32. The van der Waals surface area contributed by atoms with Gasteiger partial charge in [0.05, 0.1) is 17.7 Å². The largest absolute Gasteiger partial charge is 0.493 e. The Hall–Kier alpha value is -2.97. The van der Waals surface area contributed by atoms with Crippen molar-refractivity contribution in [1.29, 1.82) is 0 Å². The van der Waals surface area contributed by atoms with E-state index < -0.39 is 5.91 Å².